The van der Waals surface area contributed by atoms with Crippen LogP contribution in [0.3, 0.4) is 0 Å². The van der Waals surface area contributed by atoms with E-state index in [1.54, 1.807) is 0 Å². The summed E-state index contributed by atoms with van der Waals surface area (Å²) in [5, 5.41) is 0. The summed E-state index contributed by atoms with van der Waals surface area (Å²) in [7, 11) is 0. The first kappa shape index (κ1) is 75.1. The van der Waals surface area contributed by atoms with Crippen molar-refractivity contribution in [2.45, 2.75) is 322 Å². The van der Waals surface area contributed by atoms with Crippen LogP contribution in [0.25, 0.3) is 0 Å². The van der Waals surface area contributed by atoms with Crippen molar-refractivity contribution in [1.29, 1.82) is 0 Å². The standard InChI is InChI=1S/C73H124O6/c1-4-7-10-13-16-19-22-25-28-30-32-34-35-36-37-39-40-42-45-48-51-54-57-60-63-66-72(75)78-69-70(68-77-71(74)65-62-59-56-53-50-47-44-27-24-21-18-15-12-9-6-3)79-73(76)67-64-61-58-55-52-49-46-43-41-38-33-31-29-26-23-20-17-14-11-8-5-2/h8,11,17-18,20-22,25-27,29-30,32-33,38,43-44,46,70H,4-7,9-10,12-16,19,23-24,28,31,34-37,39-42,45,47-69H2,1-3H3/b11-8-,20-17-,21-18-,25-22-,29-26-,32-30-,38-33-,44-27-,46-43-. The Labute approximate surface area is 489 Å². The summed E-state index contributed by atoms with van der Waals surface area (Å²) in [6, 6.07) is 0. The van der Waals surface area contributed by atoms with Gasteiger partial charge in [0.05, 0.1) is 0 Å². The molecule has 0 heterocycles. The summed E-state index contributed by atoms with van der Waals surface area (Å²) < 4.78 is 16.9. The van der Waals surface area contributed by atoms with Gasteiger partial charge in [0, 0.05) is 19.3 Å². The summed E-state index contributed by atoms with van der Waals surface area (Å²) >= 11 is 0. The van der Waals surface area contributed by atoms with Crippen molar-refractivity contribution in [1.82, 2.24) is 0 Å². The van der Waals surface area contributed by atoms with E-state index in [9.17, 15) is 14.4 Å². The van der Waals surface area contributed by atoms with Crippen LogP contribution in [-0.4, -0.2) is 37.2 Å². The highest BCUT2D eigenvalue weighted by Gasteiger charge is 2.19. The third kappa shape index (κ3) is 64.8. The molecule has 0 aromatic rings. The first-order valence-electron chi connectivity index (χ1n) is 33.4. The van der Waals surface area contributed by atoms with Crippen LogP contribution in [0.5, 0.6) is 0 Å². The zero-order chi connectivity index (χ0) is 57.1. The quantitative estimate of drug-likeness (QED) is 0.0261. The maximum atomic E-state index is 12.9. The normalized spacial score (nSPS) is 12.8. The van der Waals surface area contributed by atoms with Gasteiger partial charge in [-0.05, 0) is 128 Å². The minimum atomic E-state index is -0.798. The monoisotopic (exact) mass is 1100 g/mol. The van der Waals surface area contributed by atoms with Gasteiger partial charge in [-0.1, -0.05) is 278 Å². The van der Waals surface area contributed by atoms with Gasteiger partial charge < -0.3 is 14.2 Å². The zero-order valence-corrected chi connectivity index (χ0v) is 51.9. The number of carbonyl (C=O) groups is 3. The molecule has 0 saturated carbocycles. The van der Waals surface area contributed by atoms with Crippen molar-refractivity contribution in [2.24, 2.45) is 0 Å². The first-order chi connectivity index (χ1) is 39.0. The molecule has 6 heteroatoms. The Morgan fingerprint density at radius 1 is 0.266 bits per heavy atom. The average molecular weight is 1100 g/mol. The molecule has 1 unspecified atom stereocenters. The molecule has 0 aliphatic rings. The van der Waals surface area contributed by atoms with Crippen molar-refractivity contribution in [3.05, 3.63) is 109 Å². The Kier molecular flexibility index (Phi) is 63.3. The molecule has 0 rings (SSSR count). The fourth-order valence-corrected chi connectivity index (χ4v) is 9.24. The number of hydrogen-bond acceptors (Lipinski definition) is 6. The van der Waals surface area contributed by atoms with Gasteiger partial charge in [-0.25, -0.2) is 0 Å². The lowest BCUT2D eigenvalue weighted by Gasteiger charge is -2.18. The van der Waals surface area contributed by atoms with Crippen molar-refractivity contribution in [3.8, 4) is 0 Å². The minimum Gasteiger partial charge on any atom is -0.462 e. The second kappa shape index (κ2) is 66.6. The molecule has 1 atom stereocenters. The second-order valence-electron chi connectivity index (χ2n) is 22.0. The fourth-order valence-electron chi connectivity index (χ4n) is 9.24. The largest absolute Gasteiger partial charge is 0.462 e. The summed E-state index contributed by atoms with van der Waals surface area (Å²) in [4.78, 5) is 38.4. The van der Waals surface area contributed by atoms with Gasteiger partial charge >= 0.3 is 17.9 Å². The number of esters is 3. The first-order valence-corrected chi connectivity index (χ1v) is 33.4. The molecule has 0 radical (unpaired) electrons. The Bertz CT molecular complexity index is 1590. The summed E-state index contributed by atoms with van der Waals surface area (Å²) in [6.07, 6.45) is 90.9. The molecule has 6 nitrogen and oxygen atoms in total. The van der Waals surface area contributed by atoms with Gasteiger partial charge in [-0.15, -0.1) is 0 Å². The lowest BCUT2D eigenvalue weighted by molar-refractivity contribution is -0.167. The summed E-state index contributed by atoms with van der Waals surface area (Å²) in [5.74, 6) is -0.916. The molecule has 452 valence electrons. The van der Waals surface area contributed by atoms with E-state index in [1.807, 2.05) is 0 Å². The van der Waals surface area contributed by atoms with E-state index >= 15 is 0 Å². The van der Waals surface area contributed by atoms with E-state index in [0.29, 0.717) is 19.3 Å². The Morgan fingerprint density at radius 2 is 0.494 bits per heavy atom. The molecule has 0 N–H and O–H groups in total. The number of unbranched alkanes of at least 4 members (excludes halogenated alkanes) is 31. The van der Waals surface area contributed by atoms with Crippen LogP contribution in [0, 0.1) is 0 Å². The van der Waals surface area contributed by atoms with Gasteiger partial charge in [0.1, 0.15) is 13.2 Å². The summed E-state index contributed by atoms with van der Waals surface area (Å²) in [6.45, 7) is 6.49. The van der Waals surface area contributed by atoms with Gasteiger partial charge in [-0.3, -0.25) is 14.4 Å². The van der Waals surface area contributed by atoms with Crippen LogP contribution in [-0.2, 0) is 28.6 Å². The number of ether oxygens (including phenoxy) is 3. The van der Waals surface area contributed by atoms with Crippen LogP contribution < -0.4 is 0 Å². The van der Waals surface area contributed by atoms with E-state index in [-0.39, 0.29) is 31.1 Å². The van der Waals surface area contributed by atoms with Gasteiger partial charge in [0.2, 0.25) is 0 Å². The highest BCUT2D eigenvalue weighted by molar-refractivity contribution is 5.71. The Hall–Kier alpha value is -3.93. The topological polar surface area (TPSA) is 78.9 Å². The lowest BCUT2D eigenvalue weighted by atomic mass is 10.0. The highest BCUT2D eigenvalue weighted by Crippen LogP contribution is 2.16. The molecule has 0 aliphatic heterocycles. The fraction of sp³-hybridized carbons (Fsp3) is 0.712. The number of allylic oxidation sites excluding steroid dienone is 18. The van der Waals surface area contributed by atoms with E-state index in [1.165, 1.54) is 135 Å². The number of hydrogen-bond donors (Lipinski definition) is 0. The smallest absolute Gasteiger partial charge is 0.306 e. The maximum Gasteiger partial charge on any atom is 0.306 e. The molecule has 0 amide bonds. The van der Waals surface area contributed by atoms with E-state index < -0.39 is 6.10 Å². The predicted octanol–water partition coefficient (Wildman–Crippen LogP) is 23.0. The molecular weight excluding hydrogens is 973 g/mol. The van der Waals surface area contributed by atoms with E-state index in [4.69, 9.17) is 14.2 Å². The van der Waals surface area contributed by atoms with Gasteiger partial charge in [0.25, 0.3) is 0 Å². The van der Waals surface area contributed by atoms with Crippen LogP contribution in [0.1, 0.15) is 316 Å². The van der Waals surface area contributed by atoms with Crippen molar-refractivity contribution in [2.75, 3.05) is 13.2 Å². The molecule has 0 saturated heterocycles. The predicted molar refractivity (Wildman–Crippen MR) is 343 cm³/mol. The van der Waals surface area contributed by atoms with Crippen LogP contribution in [0.2, 0.25) is 0 Å². The highest BCUT2D eigenvalue weighted by atomic mass is 16.6. The van der Waals surface area contributed by atoms with Crippen molar-refractivity contribution >= 4 is 17.9 Å². The zero-order valence-electron chi connectivity index (χ0n) is 51.9. The third-order valence-corrected chi connectivity index (χ3v) is 14.2. The Morgan fingerprint density at radius 3 is 0.797 bits per heavy atom. The maximum absolute atomic E-state index is 12.9. The lowest BCUT2D eigenvalue weighted by Crippen LogP contribution is -2.30. The van der Waals surface area contributed by atoms with Gasteiger partial charge in [0.15, 0.2) is 6.10 Å². The van der Waals surface area contributed by atoms with Crippen molar-refractivity contribution in [3.63, 3.8) is 0 Å². The SMILES string of the molecule is CC/C=C\C/C=C\C/C=C\C/C=C\C/C=C\CCCCCCCC(=O)OC(COC(=O)CCCCCCC/C=C\C/C=C\CCCCC)COC(=O)CCCCCCCCCCCCCCC/C=C\C/C=C\CCCCCCC. The average Bonchev–Trinajstić information content (AvgIpc) is 3.45. The molecule has 0 fully saturated rings. The van der Waals surface area contributed by atoms with Crippen LogP contribution in [0.4, 0.5) is 0 Å². The molecule has 0 aliphatic carbocycles. The summed E-state index contributed by atoms with van der Waals surface area (Å²) in [5.41, 5.74) is 0. The molecule has 79 heavy (non-hydrogen) atoms. The molecule has 0 aromatic heterocycles. The van der Waals surface area contributed by atoms with Crippen LogP contribution >= 0.6 is 0 Å². The van der Waals surface area contributed by atoms with Crippen LogP contribution in [0.15, 0.2) is 109 Å². The molecule has 0 aromatic carbocycles. The Balaban J connectivity index is 4.38. The van der Waals surface area contributed by atoms with E-state index in [0.717, 1.165) is 141 Å². The molecular formula is C73H124O6. The van der Waals surface area contributed by atoms with E-state index in [2.05, 4.69) is 130 Å². The minimum absolute atomic E-state index is 0.0911. The second-order valence-corrected chi connectivity index (χ2v) is 22.0. The molecule has 0 spiro atoms. The molecule has 0 bridgehead atoms. The van der Waals surface area contributed by atoms with Crippen molar-refractivity contribution < 1.29 is 28.6 Å². The van der Waals surface area contributed by atoms with Gasteiger partial charge in [-0.2, -0.15) is 0 Å². The number of carbonyl (C=O) groups excluding carboxylic acids is 3. The number of rotatable bonds is 60. The third-order valence-electron chi connectivity index (χ3n) is 14.2.